The molecule has 4 unspecified atom stereocenters. The van der Waals surface area contributed by atoms with Crippen molar-refractivity contribution in [1.82, 2.24) is 0 Å². The molecule has 2 aliphatic carbocycles. The van der Waals surface area contributed by atoms with Crippen molar-refractivity contribution in [3.05, 3.63) is 59.2 Å². The summed E-state index contributed by atoms with van der Waals surface area (Å²) in [7, 11) is 0. The van der Waals surface area contributed by atoms with Gasteiger partial charge in [-0.2, -0.15) is 0 Å². The minimum Gasteiger partial charge on any atom is -0.0808 e. The van der Waals surface area contributed by atoms with E-state index in [2.05, 4.69) is 63.3 Å². The van der Waals surface area contributed by atoms with Crippen LogP contribution >= 0.6 is 0 Å². The van der Waals surface area contributed by atoms with E-state index in [1.807, 2.05) is 0 Å². The summed E-state index contributed by atoms with van der Waals surface area (Å²) in [5.41, 5.74) is 4.62. The van der Waals surface area contributed by atoms with Gasteiger partial charge in [0.25, 0.3) is 0 Å². The maximum Gasteiger partial charge on any atom is -0.0122 e. The van der Waals surface area contributed by atoms with E-state index in [4.69, 9.17) is 0 Å². The summed E-state index contributed by atoms with van der Waals surface area (Å²) in [4.78, 5) is 0. The number of aryl methyl sites for hydroxylation is 2. The van der Waals surface area contributed by atoms with Gasteiger partial charge in [0, 0.05) is 0 Å². The van der Waals surface area contributed by atoms with E-state index in [0.717, 1.165) is 23.7 Å². The number of hydrogen-bond acceptors (Lipinski definition) is 0. The van der Waals surface area contributed by atoms with Gasteiger partial charge >= 0.3 is 0 Å². The van der Waals surface area contributed by atoms with Gasteiger partial charge in [-0.25, -0.2) is 0 Å². The van der Waals surface area contributed by atoms with Gasteiger partial charge in [-0.3, -0.25) is 0 Å². The van der Waals surface area contributed by atoms with Gasteiger partial charge in [0.2, 0.25) is 0 Å². The predicted molar refractivity (Wildman–Crippen MR) is 87.0 cm³/mol. The fourth-order valence-electron chi connectivity index (χ4n) is 4.24. The molecule has 0 radical (unpaired) electrons. The molecule has 0 bridgehead atoms. The van der Waals surface area contributed by atoms with Crippen molar-refractivity contribution in [2.75, 3.05) is 0 Å². The maximum atomic E-state index is 2.45. The summed E-state index contributed by atoms with van der Waals surface area (Å²) in [5.74, 6) is 3.01. The van der Waals surface area contributed by atoms with Crippen LogP contribution in [0.25, 0.3) is 0 Å². The van der Waals surface area contributed by atoms with Crippen LogP contribution in [0.5, 0.6) is 0 Å². The third-order valence-corrected chi connectivity index (χ3v) is 5.28. The third-order valence-electron chi connectivity index (χ3n) is 5.28. The number of allylic oxidation sites excluding steroid dienone is 4. The van der Waals surface area contributed by atoms with E-state index in [0.29, 0.717) is 0 Å². The highest BCUT2D eigenvalue weighted by Crippen LogP contribution is 2.50. The van der Waals surface area contributed by atoms with E-state index >= 15 is 0 Å². The monoisotopic (exact) mass is 266 g/mol. The lowest BCUT2D eigenvalue weighted by Crippen LogP contribution is -2.13. The van der Waals surface area contributed by atoms with E-state index in [9.17, 15) is 0 Å². The van der Waals surface area contributed by atoms with Crippen LogP contribution in [0.2, 0.25) is 0 Å². The van der Waals surface area contributed by atoms with Crippen LogP contribution in [0.4, 0.5) is 0 Å². The topological polar surface area (TPSA) is 0 Å². The molecule has 0 saturated heterocycles. The zero-order chi connectivity index (χ0) is 14.1. The van der Waals surface area contributed by atoms with Gasteiger partial charge in [-0.1, -0.05) is 68.3 Å². The summed E-state index contributed by atoms with van der Waals surface area (Å²) in [5, 5.41) is 0. The summed E-state index contributed by atoms with van der Waals surface area (Å²) in [6, 6.07) is 7.13. The van der Waals surface area contributed by atoms with Crippen LogP contribution in [-0.2, 0) is 6.42 Å². The van der Waals surface area contributed by atoms with Crippen LogP contribution in [0, 0.1) is 24.7 Å². The second kappa shape index (κ2) is 5.60. The molecule has 0 nitrogen and oxygen atoms in total. The molecule has 0 amide bonds. The van der Waals surface area contributed by atoms with Gasteiger partial charge < -0.3 is 0 Å². The van der Waals surface area contributed by atoms with Crippen LogP contribution in [0.1, 0.15) is 49.3 Å². The molecule has 0 aliphatic heterocycles. The van der Waals surface area contributed by atoms with Gasteiger partial charge in [0.05, 0.1) is 0 Å². The molecule has 0 N–H and O–H groups in total. The first kappa shape index (κ1) is 13.7. The Kier molecular flexibility index (Phi) is 3.83. The SMILES string of the molecule is CCCc1cc(C)ccc1C1CC2C=CC=CC2C1C. The van der Waals surface area contributed by atoms with Gasteiger partial charge in [0.1, 0.15) is 0 Å². The molecule has 3 rings (SSSR count). The van der Waals surface area contributed by atoms with Crippen LogP contribution < -0.4 is 0 Å². The summed E-state index contributed by atoms with van der Waals surface area (Å²) < 4.78 is 0. The first-order valence-electron chi connectivity index (χ1n) is 8.15. The first-order chi connectivity index (χ1) is 9.70. The Balaban J connectivity index is 1.93. The molecule has 0 heterocycles. The van der Waals surface area contributed by atoms with Crippen molar-refractivity contribution in [3.63, 3.8) is 0 Å². The highest BCUT2D eigenvalue weighted by molar-refractivity contribution is 5.37. The average Bonchev–Trinajstić information content (AvgIpc) is 2.77. The normalized spacial score (nSPS) is 31.6. The Labute approximate surface area is 123 Å². The number of hydrogen-bond donors (Lipinski definition) is 0. The van der Waals surface area contributed by atoms with Crippen molar-refractivity contribution in [2.45, 2.75) is 46.0 Å². The van der Waals surface area contributed by atoms with E-state index in [1.54, 1.807) is 11.1 Å². The molecule has 106 valence electrons. The smallest absolute Gasteiger partial charge is 0.0122 e. The largest absolute Gasteiger partial charge is 0.0808 e. The maximum absolute atomic E-state index is 2.45. The molecule has 4 atom stereocenters. The quantitative estimate of drug-likeness (QED) is 0.684. The average molecular weight is 266 g/mol. The highest BCUT2D eigenvalue weighted by atomic mass is 14.4. The molecule has 0 aromatic heterocycles. The third kappa shape index (κ3) is 2.37. The van der Waals surface area contributed by atoms with E-state index in [-0.39, 0.29) is 0 Å². The lowest BCUT2D eigenvalue weighted by atomic mass is 9.82. The Bertz CT molecular complexity index is 535. The Morgan fingerprint density at radius 3 is 2.70 bits per heavy atom. The summed E-state index contributed by atoms with van der Waals surface area (Å²) >= 11 is 0. The standard InChI is InChI=1S/C20H26/c1-4-7-16-12-14(2)10-11-19(16)20-13-17-8-5-6-9-18(17)15(20)3/h5-6,8-12,15,17-18,20H,4,7,13H2,1-3H3. The second-order valence-corrected chi connectivity index (χ2v) is 6.66. The van der Waals surface area contributed by atoms with E-state index < -0.39 is 0 Å². The van der Waals surface area contributed by atoms with Crippen molar-refractivity contribution < 1.29 is 0 Å². The number of benzene rings is 1. The molecule has 1 aromatic rings. The molecule has 1 saturated carbocycles. The minimum atomic E-state index is 0.736. The van der Waals surface area contributed by atoms with Crippen molar-refractivity contribution in [3.8, 4) is 0 Å². The molecule has 0 heteroatoms. The molecule has 1 aromatic carbocycles. The van der Waals surface area contributed by atoms with Crippen LogP contribution in [-0.4, -0.2) is 0 Å². The van der Waals surface area contributed by atoms with Crippen molar-refractivity contribution in [1.29, 1.82) is 0 Å². The molecule has 2 aliphatic rings. The highest BCUT2D eigenvalue weighted by Gasteiger charge is 2.39. The molecule has 1 fully saturated rings. The first-order valence-corrected chi connectivity index (χ1v) is 8.15. The predicted octanol–water partition coefficient (Wildman–Crippen LogP) is 5.43. The van der Waals surface area contributed by atoms with Crippen LogP contribution in [0.15, 0.2) is 42.5 Å². The Morgan fingerprint density at radius 2 is 1.95 bits per heavy atom. The van der Waals surface area contributed by atoms with E-state index in [1.165, 1.54) is 24.8 Å². The van der Waals surface area contributed by atoms with Crippen molar-refractivity contribution >= 4 is 0 Å². The second-order valence-electron chi connectivity index (χ2n) is 6.66. The zero-order valence-corrected chi connectivity index (χ0v) is 13.0. The number of fused-ring (bicyclic) bond motifs is 1. The van der Waals surface area contributed by atoms with Gasteiger partial charge in [-0.05, 0) is 54.6 Å². The van der Waals surface area contributed by atoms with Crippen LogP contribution in [0.3, 0.4) is 0 Å². The van der Waals surface area contributed by atoms with Crippen molar-refractivity contribution in [2.24, 2.45) is 17.8 Å². The summed E-state index contributed by atoms with van der Waals surface area (Å²) in [6.07, 6.45) is 13.1. The molecule has 20 heavy (non-hydrogen) atoms. The van der Waals surface area contributed by atoms with Gasteiger partial charge in [-0.15, -0.1) is 0 Å². The number of rotatable bonds is 3. The zero-order valence-electron chi connectivity index (χ0n) is 13.0. The lowest BCUT2D eigenvalue weighted by molar-refractivity contribution is 0.429. The summed E-state index contributed by atoms with van der Waals surface area (Å²) in [6.45, 7) is 6.95. The minimum absolute atomic E-state index is 0.736. The molecular formula is C20H26. The fraction of sp³-hybridized carbons (Fsp3) is 0.500. The molecular weight excluding hydrogens is 240 g/mol. The van der Waals surface area contributed by atoms with Gasteiger partial charge in [0.15, 0.2) is 0 Å². The lowest BCUT2D eigenvalue weighted by Gasteiger charge is -2.23. The Hall–Kier alpha value is -1.30. The fourth-order valence-corrected chi connectivity index (χ4v) is 4.24. The Morgan fingerprint density at radius 1 is 1.15 bits per heavy atom. The molecule has 0 spiro atoms.